The van der Waals surface area contributed by atoms with Gasteiger partial charge >= 0.3 is 0 Å². The number of ketones is 1. The summed E-state index contributed by atoms with van der Waals surface area (Å²) < 4.78 is 28.3. The summed E-state index contributed by atoms with van der Waals surface area (Å²) in [6, 6.07) is 10.7. The van der Waals surface area contributed by atoms with Gasteiger partial charge in [-0.15, -0.1) is 0 Å². The summed E-state index contributed by atoms with van der Waals surface area (Å²) in [7, 11) is -3.79. The van der Waals surface area contributed by atoms with Crippen LogP contribution in [0.1, 0.15) is 30.6 Å². The Kier molecular flexibility index (Phi) is 5.24. The highest BCUT2D eigenvalue weighted by molar-refractivity contribution is 7.92. The van der Waals surface area contributed by atoms with E-state index in [0.717, 1.165) is 4.70 Å². The fraction of sp³-hybridized carbons (Fsp3) is 0.167. The molecule has 0 aliphatic heterocycles. The molecule has 0 atom stereocenters. The predicted octanol–water partition coefficient (Wildman–Crippen LogP) is 3.65. The van der Waals surface area contributed by atoms with Gasteiger partial charge in [-0.1, -0.05) is 30.4 Å². The van der Waals surface area contributed by atoms with Crippen LogP contribution in [0.25, 0.3) is 10.2 Å². The first-order valence-electron chi connectivity index (χ1n) is 8.13. The van der Waals surface area contributed by atoms with Gasteiger partial charge in [-0.3, -0.25) is 14.3 Å². The molecule has 0 saturated carbocycles. The lowest BCUT2D eigenvalue weighted by Gasteiger charge is -2.08. The molecule has 0 fully saturated rings. The third kappa shape index (κ3) is 4.32. The third-order valence-corrected chi connectivity index (χ3v) is 6.11. The predicted molar refractivity (Wildman–Crippen MR) is 106 cm³/mol. The van der Waals surface area contributed by atoms with E-state index in [2.05, 4.69) is 15.0 Å². The van der Waals surface area contributed by atoms with Crippen LogP contribution in [0, 0.1) is 0 Å². The molecule has 0 aliphatic carbocycles. The molecule has 0 saturated heterocycles. The second-order valence-electron chi connectivity index (χ2n) is 5.79. The van der Waals surface area contributed by atoms with Gasteiger partial charge in [0.05, 0.1) is 20.8 Å². The van der Waals surface area contributed by atoms with E-state index in [-0.39, 0.29) is 16.6 Å². The number of carbonyl (C=O) groups excluding carboxylic acids is 2. The molecule has 3 aromatic rings. The Hall–Kier alpha value is -2.78. The van der Waals surface area contributed by atoms with Crippen LogP contribution in [-0.2, 0) is 14.8 Å². The number of sulfonamides is 1. The van der Waals surface area contributed by atoms with Crippen molar-refractivity contribution in [2.75, 3.05) is 10.0 Å². The Bertz CT molecular complexity index is 1120. The third-order valence-electron chi connectivity index (χ3n) is 3.78. The number of Topliss-reactive ketones (excluding diaryl/α,β-unsaturated/α-hetero) is 1. The molecule has 140 valence electrons. The largest absolute Gasteiger partial charge is 0.302 e. The highest BCUT2D eigenvalue weighted by atomic mass is 32.2. The van der Waals surface area contributed by atoms with Crippen LogP contribution in [0.3, 0.4) is 0 Å². The minimum atomic E-state index is -3.79. The van der Waals surface area contributed by atoms with Crippen molar-refractivity contribution in [3.63, 3.8) is 0 Å². The molecule has 27 heavy (non-hydrogen) atoms. The molecule has 0 spiro atoms. The number of hydrogen-bond donors (Lipinski definition) is 2. The summed E-state index contributed by atoms with van der Waals surface area (Å²) >= 11 is 1.27. The van der Waals surface area contributed by atoms with E-state index in [4.69, 9.17) is 0 Å². The fourth-order valence-electron chi connectivity index (χ4n) is 2.33. The SMILES string of the molecule is CCC(=O)Nc1nc2ccc(NS(=O)(=O)c3ccc(C(C)=O)cc3)cc2s1. The maximum absolute atomic E-state index is 12.5. The van der Waals surface area contributed by atoms with Crippen LogP contribution in [0.5, 0.6) is 0 Å². The number of amides is 1. The standard InChI is InChI=1S/C18H17N3O4S2/c1-3-17(23)20-18-19-15-9-6-13(10-16(15)26-18)21-27(24,25)14-7-4-12(5-8-14)11(2)22/h4-10,21H,3H2,1-2H3,(H,19,20,23). The number of thiazole rings is 1. The van der Waals surface area contributed by atoms with Gasteiger partial charge in [0.15, 0.2) is 10.9 Å². The molecule has 7 nitrogen and oxygen atoms in total. The lowest BCUT2D eigenvalue weighted by molar-refractivity contribution is -0.115. The van der Waals surface area contributed by atoms with E-state index in [9.17, 15) is 18.0 Å². The maximum Gasteiger partial charge on any atom is 0.261 e. The topological polar surface area (TPSA) is 105 Å². The number of nitrogens with one attached hydrogen (secondary N) is 2. The summed E-state index contributed by atoms with van der Waals surface area (Å²) in [5.41, 5.74) is 1.50. The molecule has 9 heteroatoms. The average molecular weight is 403 g/mol. The second-order valence-corrected chi connectivity index (χ2v) is 8.50. The van der Waals surface area contributed by atoms with Gasteiger partial charge in [0.2, 0.25) is 5.91 Å². The van der Waals surface area contributed by atoms with E-state index >= 15 is 0 Å². The van der Waals surface area contributed by atoms with Crippen LogP contribution in [0.2, 0.25) is 0 Å². The Morgan fingerprint density at radius 3 is 2.44 bits per heavy atom. The number of anilines is 2. The molecule has 0 bridgehead atoms. The van der Waals surface area contributed by atoms with Crippen LogP contribution in [0.15, 0.2) is 47.4 Å². The smallest absolute Gasteiger partial charge is 0.261 e. The van der Waals surface area contributed by atoms with Crippen molar-refractivity contribution in [1.82, 2.24) is 4.98 Å². The van der Waals surface area contributed by atoms with Gasteiger partial charge in [0.1, 0.15) is 0 Å². The molecule has 1 amide bonds. The van der Waals surface area contributed by atoms with Crippen molar-refractivity contribution in [1.29, 1.82) is 0 Å². The highest BCUT2D eigenvalue weighted by Crippen LogP contribution is 2.29. The van der Waals surface area contributed by atoms with Gasteiger partial charge in [0, 0.05) is 12.0 Å². The van der Waals surface area contributed by atoms with E-state index in [0.29, 0.717) is 28.3 Å². The van der Waals surface area contributed by atoms with Gasteiger partial charge in [-0.05, 0) is 37.3 Å². The number of fused-ring (bicyclic) bond motifs is 1. The van der Waals surface area contributed by atoms with Gasteiger partial charge in [-0.25, -0.2) is 13.4 Å². The second kappa shape index (κ2) is 7.45. The summed E-state index contributed by atoms with van der Waals surface area (Å²) in [6.45, 7) is 3.17. The first kappa shape index (κ1) is 19.0. The van der Waals surface area contributed by atoms with Gasteiger partial charge in [-0.2, -0.15) is 0 Å². The molecule has 0 radical (unpaired) electrons. The Morgan fingerprint density at radius 1 is 1.11 bits per heavy atom. The Labute approximate surface area is 160 Å². The van der Waals surface area contributed by atoms with E-state index < -0.39 is 10.0 Å². The van der Waals surface area contributed by atoms with Crippen molar-refractivity contribution < 1.29 is 18.0 Å². The summed E-state index contributed by atoms with van der Waals surface area (Å²) in [5, 5.41) is 3.16. The monoisotopic (exact) mass is 403 g/mol. The van der Waals surface area contributed by atoms with Crippen LogP contribution < -0.4 is 10.0 Å². The van der Waals surface area contributed by atoms with Crippen LogP contribution >= 0.6 is 11.3 Å². The Balaban J connectivity index is 1.84. The lowest BCUT2D eigenvalue weighted by Crippen LogP contribution is -2.13. The Morgan fingerprint density at radius 2 is 1.81 bits per heavy atom. The van der Waals surface area contributed by atoms with Crippen molar-refractivity contribution >= 4 is 54.1 Å². The summed E-state index contributed by atoms with van der Waals surface area (Å²) in [6.07, 6.45) is 0.351. The molecule has 2 aromatic carbocycles. The minimum Gasteiger partial charge on any atom is -0.302 e. The number of carbonyl (C=O) groups is 2. The van der Waals surface area contributed by atoms with Crippen LogP contribution in [-0.4, -0.2) is 25.1 Å². The zero-order valence-corrected chi connectivity index (χ0v) is 16.3. The van der Waals surface area contributed by atoms with Crippen molar-refractivity contribution in [3.05, 3.63) is 48.0 Å². The lowest BCUT2D eigenvalue weighted by atomic mass is 10.2. The molecule has 0 aliphatic rings. The number of aromatic nitrogens is 1. The average Bonchev–Trinajstić information content (AvgIpc) is 3.02. The molecule has 3 rings (SSSR count). The van der Waals surface area contributed by atoms with Gasteiger partial charge < -0.3 is 5.32 Å². The number of benzene rings is 2. The zero-order valence-electron chi connectivity index (χ0n) is 14.6. The normalized spacial score (nSPS) is 11.3. The molecule has 2 N–H and O–H groups in total. The first-order valence-corrected chi connectivity index (χ1v) is 10.4. The first-order chi connectivity index (χ1) is 12.8. The molecular weight excluding hydrogens is 386 g/mol. The van der Waals surface area contributed by atoms with Crippen molar-refractivity contribution in [2.45, 2.75) is 25.2 Å². The number of hydrogen-bond acceptors (Lipinski definition) is 6. The molecule has 0 unspecified atom stereocenters. The number of rotatable bonds is 6. The maximum atomic E-state index is 12.5. The zero-order chi connectivity index (χ0) is 19.6. The van der Waals surface area contributed by atoms with E-state index in [1.807, 2.05) is 0 Å². The van der Waals surface area contributed by atoms with E-state index in [1.165, 1.54) is 42.5 Å². The highest BCUT2D eigenvalue weighted by Gasteiger charge is 2.15. The minimum absolute atomic E-state index is 0.0628. The van der Waals surface area contributed by atoms with E-state index in [1.54, 1.807) is 25.1 Å². The fourth-order valence-corrected chi connectivity index (χ4v) is 4.30. The van der Waals surface area contributed by atoms with Gasteiger partial charge in [0.25, 0.3) is 10.0 Å². The molecular formula is C18H17N3O4S2. The quantitative estimate of drug-likeness (QED) is 0.611. The number of nitrogens with zero attached hydrogens (tertiary/aromatic N) is 1. The molecule has 1 heterocycles. The molecule has 1 aromatic heterocycles. The van der Waals surface area contributed by atoms with Crippen LogP contribution in [0.4, 0.5) is 10.8 Å². The summed E-state index contributed by atoms with van der Waals surface area (Å²) in [5.74, 6) is -0.266. The van der Waals surface area contributed by atoms with Crippen molar-refractivity contribution in [2.24, 2.45) is 0 Å². The summed E-state index contributed by atoms with van der Waals surface area (Å²) in [4.78, 5) is 27.2. The van der Waals surface area contributed by atoms with Crippen molar-refractivity contribution in [3.8, 4) is 0 Å².